The number of hydrogen-bond donors (Lipinski definition) is 2. The van der Waals surface area contributed by atoms with Gasteiger partial charge in [0.1, 0.15) is 23.2 Å². The minimum absolute atomic E-state index is 0.193. The highest BCUT2D eigenvalue weighted by atomic mass is 19.1. The van der Waals surface area contributed by atoms with Gasteiger partial charge in [-0.05, 0) is 18.2 Å². The fraction of sp³-hybridized carbons (Fsp3) is 0.0714. The molecular formula is C14H11F3N2O2. The van der Waals surface area contributed by atoms with Crippen LogP contribution in [0.1, 0.15) is 10.4 Å². The van der Waals surface area contributed by atoms with Crippen molar-refractivity contribution < 1.29 is 22.7 Å². The van der Waals surface area contributed by atoms with Crippen molar-refractivity contribution in [1.82, 2.24) is 0 Å². The second-order valence-corrected chi connectivity index (χ2v) is 4.15. The van der Waals surface area contributed by atoms with E-state index in [0.29, 0.717) is 11.8 Å². The van der Waals surface area contributed by atoms with Crippen LogP contribution in [0, 0.1) is 17.5 Å². The Morgan fingerprint density at radius 3 is 2.48 bits per heavy atom. The van der Waals surface area contributed by atoms with Gasteiger partial charge in [-0.15, -0.1) is 0 Å². The molecule has 0 aromatic heterocycles. The number of methoxy groups -OCH3 is 1. The van der Waals surface area contributed by atoms with Gasteiger partial charge in [0, 0.05) is 12.1 Å². The number of carbonyl (C=O) groups excluding carboxylic acids is 1. The van der Waals surface area contributed by atoms with Gasteiger partial charge >= 0.3 is 0 Å². The predicted octanol–water partition coefficient (Wildman–Crippen LogP) is 2.95. The van der Waals surface area contributed by atoms with Gasteiger partial charge in [0.15, 0.2) is 0 Å². The van der Waals surface area contributed by atoms with Crippen molar-refractivity contribution in [3.8, 4) is 5.75 Å². The highest BCUT2D eigenvalue weighted by Gasteiger charge is 2.17. The van der Waals surface area contributed by atoms with E-state index in [0.717, 1.165) is 12.1 Å². The number of nitrogens with two attached hydrogens (primary N) is 1. The Kier molecular flexibility index (Phi) is 4.02. The molecule has 0 spiro atoms. The number of benzene rings is 2. The lowest BCUT2D eigenvalue weighted by atomic mass is 10.1. The quantitative estimate of drug-likeness (QED) is 0.856. The summed E-state index contributed by atoms with van der Waals surface area (Å²) in [6.45, 7) is 0. The fourth-order valence-electron chi connectivity index (χ4n) is 1.66. The Morgan fingerprint density at radius 2 is 1.81 bits per heavy atom. The van der Waals surface area contributed by atoms with Crippen LogP contribution >= 0.6 is 0 Å². The average molecular weight is 296 g/mol. The van der Waals surface area contributed by atoms with Gasteiger partial charge in [-0.25, -0.2) is 13.2 Å². The van der Waals surface area contributed by atoms with Crippen LogP contribution < -0.4 is 15.8 Å². The van der Waals surface area contributed by atoms with E-state index in [9.17, 15) is 18.0 Å². The summed E-state index contributed by atoms with van der Waals surface area (Å²) in [5.41, 5.74) is 4.22. The molecule has 0 aliphatic carbocycles. The Bertz CT molecular complexity index is 705. The Morgan fingerprint density at radius 1 is 1.10 bits per heavy atom. The van der Waals surface area contributed by atoms with Crippen molar-refractivity contribution in [2.24, 2.45) is 0 Å². The number of nitrogens with one attached hydrogen (secondary N) is 1. The zero-order chi connectivity index (χ0) is 15.6. The highest BCUT2D eigenvalue weighted by Crippen LogP contribution is 2.23. The fourth-order valence-corrected chi connectivity index (χ4v) is 1.66. The summed E-state index contributed by atoms with van der Waals surface area (Å²) in [6, 6.07) is 5.02. The zero-order valence-corrected chi connectivity index (χ0v) is 10.9. The Hall–Kier alpha value is -2.70. The first-order valence-corrected chi connectivity index (χ1v) is 5.81. The van der Waals surface area contributed by atoms with Crippen LogP contribution in [0.15, 0.2) is 30.3 Å². The summed E-state index contributed by atoms with van der Waals surface area (Å²) in [4.78, 5) is 11.9. The standard InChI is InChI=1S/C14H11F3N2O2/c1-21-7-2-3-9(15)13(4-7)19-14(20)8-5-12(18)11(17)6-10(8)16/h2-6H,18H2,1H3,(H,19,20). The summed E-state index contributed by atoms with van der Waals surface area (Å²) < 4.78 is 45.1. The van der Waals surface area contributed by atoms with E-state index >= 15 is 0 Å². The van der Waals surface area contributed by atoms with E-state index < -0.39 is 28.9 Å². The zero-order valence-electron chi connectivity index (χ0n) is 10.9. The van der Waals surface area contributed by atoms with Crippen LogP contribution in [-0.4, -0.2) is 13.0 Å². The van der Waals surface area contributed by atoms with Crippen LogP contribution in [0.4, 0.5) is 24.5 Å². The average Bonchev–Trinajstić information content (AvgIpc) is 2.45. The van der Waals surface area contributed by atoms with E-state index in [1.54, 1.807) is 0 Å². The van der Waals surface area contributed by atoms with Crippen molar-refractivity contribution in [3.63, 3.8) is 0 Å². The van der Waals surface area contributed by atoms with Crippen LogP contribution in [0.2, 0.25) is 0 Å². The van der Waals surface area contributed by atoms with E-state index in [4.69, 9.17) is 10.5 Å². The van der Waals surface area contributed by atoms with Crippen LogP contribution in [-0.2, 0) is 0 Å². The first-order chi connectivity index (χ1) is 9.92. The number of rotatable bonds is 3. The summed E-state index contributed by atoms with van der Waals surface area (Å²) in [6.07, 6.45) is 0. The number of anilines is 2. The predicted molar refractivity (Wildman–Crippen MR) is 71.7 cm³/mol. The molecule has 0 unspecified atom stereocenters. The molecule has 0 aliphatic rings. The molecule has 7 heteroatoms. The van der Waals surface area contributed by atoms with Crippen molar-refractivity contribution in [2.45, 2.75) is 0 Å². The number of halogens is 3. The molecule has 0 bridgehead atoms. The number of ether oxygens (including phenoxy) is 1. The van der Waals surface area contributed by atoms with Crippen molar-refractivity contribution >= 4 is 17.3 Å². The SMILES string of the molecule is COc1ccc(F)c(NC(=O)c2cc(N)c(F)cc2F)c1. The van der Waals surface area contributed by atoms with E-state index in [1.807, 2.05) is 0 Å². The summed E-state index contributed by atoms with van der Waals surface area (Å²) in [5.74, 6) is -3.43. The molecular weight excluding hydrogens is 285 g/mol. The molecule has 0 aliphatic heterocycles. The van der Waals surface area contributed by atoms with Gasteiger partial charge in [0.2, 0.25) is 0 Å². The molecule has 0 atom stereocenters. The molecule has 0 saturated carbocycles. The molecule has 1 amide bonds. The molecule has 3 N–H and O–H groups in total. The van der Waals surface area contributed by atoms with E-state index in [2.05, 4.69) is 5.32 Å². The summed E-state index contributed by atoms with van der Waals surface area (Å²) in [5, 5.41) is 2.18. The second-order valence-electron chi connectivity index (χ2n) is 4.15. The van der Waals surface area contributed by atoms with Crippen LogP contribution in [0.3, 0.4) is 0 Å². The van der Waals surface area contributed by atoms with Gasteiger partial charge in [0.25, 0.3) is 5.91 Å². The van der Waals surface area contributed by atoms with E-state index in [-0.39, 0.29) is 11.4 Å². The van der Waals surface area contributed by atoms with Crippen LogP contribution in [0.5, 0.6) is 5.75 Å². The summed E-state index contributed by atoms with van der Waals surface area (Å²) in [7, 11) is 1.37. The van der Waals surface area contributed by atoms with Crippen molar-refractivity contribution in [1.29, 1.82) is 0 Å². The van der Waals surface area contributed by atoms with Gasteiger partial charge in [-0.3, -0.25) is 4.79 Å². The van der Waals surface area contributed by atoms with Gasteiger partial charge < -0.3 is 15.8 Å². The third kappa shape index (κ3) is 3.07. The molecule has 0 saturated heterocycles. The van der Waals surface area contributed by atoms with Gasteiger partial charge in [-0.2, -0.15) is 0 Å². The maximum atomic E-state index is 13.6. The molecule has 21 heavy (non-hydrogen) atoms. The molecule has 0 heterocycles. The summed E-state index contributed by atoms with van der Waals surface area (Å²) >= 11 is 0. The topological polar surface area (TPSA) is 64.3 Å². The van der Waals surface area contributed by atoms with Crippen molar-refractivity contribution in [2.75, 3.05) is 18.2 Å². The van der Waals surface area contributed by atoms with Gasteiger partial charge in [0.05, 0.1) is 24.0 Å². The lowest BCUT2D eigenvalue weighted by Gasteiger charge is -2.09. The second kappa shape index (κ2) is 5.74. The number of hydrogen-bond acceptors (Lipinski definition) is 3. The monoisotopic (exact) mass is 296 g/mol. The minimum atomic E-state index is -1.09. The lowest BCUT2D eigenvalue weighted by molar-refractivity contribution is 0.102. The molecule has 2 aromatic carbocycles. The number of carbonyl (C=O) groups is 1. The Balaban J connectivity index is 2.32. The van der Waals surface area contributed by atoms with Gasteiger partial charge in [-0.1, -0.05) is 0 Å². The maximum absolute atomic E-state index is 13.6. The molecule has 0 radical (unpaired) electrons. The largest absolute Gasteiger partial charge is 0.497 e. The molecule has 0 fully saturated rings. The molecule has 110 valence electrons. The molecule has 2 aromatic rings. The number of nitrogen functional groups attached to an aromatic ring is 1. The smallest absolute Gasteiger partial charge is 0.258 e. The highest BCUT2D eigenvalue weighted by molar-refractivity contribution is 6.05. The van der Waals surface area contributed by atoms with Crippen molar-refractivity contribution in [3.05, 3.63) is 53.3 Å². The normalized spacial score (nSPS) is 10.3. The van der Waals surface area contributed by atoms with E-state index in [1.165, 1.54) is 19.2 Å². The Labute approximate surface area is 118 Å². The number of amides is 1. The third-order valence-electron chi connectivity index (χ3n) is 2.75. The van der Waals surface area contributed by atoms with Crippen LogP contribution in [0.25, 0.3) is 0 Å². The minimum Gasteiger partial charge on any atom is -0.497 e. The molecule has 2 rings (SSSR count). The first kappa shape index (κ1) is 14.7. The first-order valence-electron chi connectivity index (χ1n) is 5.81. The maximum Gasteiger partial charge on any atom is 0.258 e. The molecule has 4 nitrogen and oxygen atoms in total. The third-order valence-corrected chi connectivity index (χ3v) is 2.75. The lowest BCUT2D eigenvalue weighted by Crippen LogP contribution is -2.15.